The van der Waals surface area contributed by atoms with Gasteiger partial charge in [-0.15, -0.1) is 0 Å². The number of ether oxygens (including phenoxy) is 1. The van der Waals surface area contributed by atoms with Gasteiger partial charge in [-0.05, 0) is 56.3 Å². The predicted octanol–water partition coefficient (Wildman–Crippen LogP) is 6.18. The topological polar surface area (TPSA) is 58.6 Å². The average molecular weight is 483 g/mol. The van der Waals surface area contributed by atoms with E-state index in [2.05, 4.69) is 5.32 Å². The van der Waals surface area contributed by atoms with Gasteiger partial charge in [-0.3, -0.25) is 9.59 Å². The zero-order chi connectivity index (χ0) is 23.5. The number of hydrogen-bond donors (Lipinski definition) is 1. The summed E-state index contributed by atoms with van der Waals surface area (Å²) in [6.07, 6.45) is 0. The number of carbonyl (C=O) groups is 2. The lowest BCUT2D eigenvalue weighted by Gasteiger charge is -2.16. The first-order valence-electron chi connectivity index (χ1n) is 10.2. The summed E-state index contributed by atoms with van der Waals surface area (Å²) in [5.74, 6) is -1.17. The third-order valence-electron chi connectivity index (χ3n) is 4.89. The summed E-state index contributed by atoms with van der Waals surface area (Å²) in [4.78, 5) is 28.9. The van der Waals surface area contributed by atoms with Crippen LogP contribution in [0.1, 0.15) is 12.5 Å². The van der Waals surface area contributed by atoms with E-state index in [9.17, 15) is 14.0 Å². The van der Waals surface area contributed by atoms with Gasteiger partial charge in [-0.2, -0.15) is 0 Å². The Hall–Kier alpha value is -3.29. The molecule has 0 aliphatic carbocycles. The molecule has 0 unspecified atom stereocenters. The fourth-order valence-corrected chi connectivity index (χ4v) is 4.38. The van der Waals surface area contributed by atoms with Crippen LogP contribution in [0.15, 0.2) is 82.2 Å². The van der Waals surface area contributed by atoms with Crippen LogP contribution in [-0.2, 0) is 9.59 Å². The van der Waals surface area contributed by atoms with E-state index in [0.717, 1.165) is 21.4 Å². The number of thioether (sulfide) groups is 1. The monoisotopic (exact) mass is 482 g/mol. The van der Waals surface area contributed by atoms with Crippen molar-refractivity contribution in [2.45, 2.75) is 18.7 Å². The molecule has 0 aromatic heterocycles. The molecule has 0 fully saturated rings. The number of halogens is 2. The Morgan fingerprint density at radius 1 is 1.03 bits per heavy atom. The lowest BCUT2D eigenvalue weighted by atomic mass is 10.2. The smallest absolute Gasteiger partial charge is 0.283 e. The fraction of sp³-hybridized carbons (Fsp3) is 0.120. The minimum absolute atomic E-state index is 0.109. The average Bonchev–Trinajstić information content (AvgIpc) is 3.02. The second-order valence-electron chi connectivity index (χ2n) is 7.22. The van der Waals surface area contributed by atoms with Crippen LogP contribution in [0.2, 0.25) is 5.02 Å². The molecule has 1 N–H and O–H groups in total. The Bertz CT molecular complexity index is 1260. The quantitative estimate of drug-likeness (QED) is 0.408. The number of rotatable bonds is 7. The van der Waals surface area contributed by atoms with Gasteiger partial charge in [0, 0.05) is 4.90 Å². The highest BCUT2D eigenvalue weighted by Crippen LogP contribution is 2.39. The summed E-state index contributed by atoms with van der Waals surface area (Å²) in [6.45, 7) is 4.27. The molecule has 0 saturated heterocycles. The highest BCUT2D eigenvalue weighted by atomic mass is 35.5. The lowest BCUT2D eigenvalue weighted by Crippen LogP contribution is -2.32. The highest BCUT2D eigenvalue weighted by Gasteiger charge is 2.40. The van der Waals surface area contributed by atoms with Gasteiger partial charge in [-0.25, -0.2) is 9.29 Å². The second kappa shape index (κ2) is 9.68. The van der Waals surface area contributed by atoms with Gasteiger partial charge in [0.05, 0.1) is 23.0 Å². The molecule has 0 spiro atoms. The molecule has 3 aromatic carbocycles. The van der Waals surface area contributed by atoms with Gasteiger partial charge in [0.25, 0.3) is 11.8 Å². The molecule has 0 saturated carbocycles. The van der Waals surface area contributed by atoms with Crippen LogP contribution in [0.25, 0.3) is 0 Å². The summed E-state index contributed by atoms with van der Waals surface area (Å²) in [6, 6.07) is 18.5. The van der Waals surface area contributed by atoms with E-state index in [1.165, 1.54) is 23.9 Å². The van der Waals surface area contributed by atoms with Crippen molar-refractivity contribution in [3.8, 4) is 5.75 Å². The van der Waals surface area contributed by atoms with Crippen molar-refractivity contribution < 1.29 is 18.7 Å². The van der Waals surface area contributed by atoms with Gasteiger partial charge in [-0.1, -0.05) is 53.2 Å². The van der Waals surface area contributed by atoms with Crippen molar-refractivity contribution in [3.05, 3.63) is 93.7 Å². The number of nitrogens with one attached hydrogen (secondary N) is 1. The first-order valence-corrected chi connectivity index (χ1v) is 11.4. The fourth-order valence-electron chi connectivity index (χ4n) is 3.28. The largest absolute Gasteiger partial charge is 0.492 e. The molecule has 168 valence electrons. The molecule has 1 aliphatic heterocycles. The van der Waals surface area contributed by atoms with E-state index in [0.29, 0.717) is 18.0 Å². The number of hydrogen-bond acceptors (Lipinski definition) is 5. The lowest BCUT2D eigenvalue weighted by molar-refractivity contribution is -0.120. The maximum atomic E-state index is 13.7. The summed E-state index contributed by atoms with van der Waals surface area (Å²) in [7, 11) is 0. The number of amides is 2. The van der Waals surface area contributed by atoms with Crippen molar-refractivity contribution in [1.29, 1.82) is 0 Å². The molecular weight excluding hydrogens is 463 g/mol. The van der Waals surface area contributed by atoms with E-state index in [1.54, 1.807) is 18.2 Å². The Morgan fingerprint density at radius 2 is 1.76 bits per heavy atom. The Balaban J connectivity index is 1.77. The minimum Gasteiger partial charge on any atom is -0.492 e. The van der Waals surface area contributed by atoms with Crippen molar-refractivity contribution in [2.75, 3.05) is 16.8 Å². The minimum atomic E-state index is -0.634. The van der Waals surface area contributed by atoms with Gasteiger partial charge in [0.1, 0.15) is 22.2 Å². The predicted molar refractivity (Wildman–Crippen MR) is 129 cm³/mol. The molecule has 0 atom stereocenters. The van der Waals surface area contributed by atoms with E-state index in [4.69, 9.17) is 16.3 Å². The van der Waals surface area contributed by atoms with Crippen LogP contribution in [-0.4, -0.2) is 18.4 Å². The molecule has 33 heavy (non-hydrogen) atoms. The summed E-state index contributed by atoms with van der Waals surface area (Å²) in [5, 5.41) is 2.92. The second-order valence-corrected chi connectivity index (χ2v) is 8.71. The van der Waals surface area contributed by atoms with Crippen LogP contribution in [0.3, 0.4) is 0 Å². The van der Waals surface area contributed by atoms with Crippen LogP contribution in [0.5, 0.6) is 5.75 Å². The molecule has 4 rings (SSSR count). The SMILES string of the molecule is CCOc1ccccc1NC1=C(Sc2ccc(C)cc2)C(=O)N(c2ccc(F)c(Cl)c2)C1=O. The van der Waals surface area contributed by atoms with E-state index < -0.39 is 17.6 Å². The number of aryl methyl sites for hydroxylation is 1. The number of anilines is 2. The first kappa shape index (κ1) is 22.9. The number of para-hydroxylation sites is 2. The third kappa shape index (κ3) is 4.74. The van der Waals surface area contributed by atoms with E-state index >= 15 is 0 Å². The Labute approximate surface area is 200 Å². The van der Waals surface area contributed by atoms with E-state index in [-0.39, 0.29) is 21.3 Å². The third-order valence-corrected chi connectivity index (χ3v) is 6.27. The van der Waals surface area contributed by atoms with Crippen LogP contribution >= 0.6 is 23.4 Å². The number of nitrogens with zero attached hydrogens (tertiary/aromatic N) is 1. The van der Waals surface area contributed by atoms with Crippen LogP contribution in [0, 0.1) is 12.7 Å². The first-order chi connectivity index (χ1) is 15.9. The van der Waals surface area contributed by atoms with Crippen molar-refractivity contribution >= 4 is 46.6 Å². The van der Waals surface area contributed by atoms with Crippen molar-refractivity contribution in [1.82, 2.24) is 0 Å². The number of benzene rings is 3. The Morgan fingerprint density at radius 3 is 2.45 bits per heavy atom. The van der Waals surface area contributed by atoms with Gasteiger partial charge in [0.15, 0.2) is 0 Å². The van der Waals surface area contributed by atoms with Gasteiger partial charge >= 0.3 is 0 Å². The molecule has 1 heterocycles. The number of carbonyl (C=O) groups excluding carboxylic acids is 2. The van der Waals surface area contributed by atoms with Crippen LogP contribution in [0.4, 0.5) is 15.8 Å². The molecule has 0 bridgehead atoms. The van der Waals surface area contributed by atoms with Gasteiger partial charge < -0.3 is 10.1 Å². The van der Waals surface area contributed by atoms with Crippen molar-refractivity contribution in [3.63, 3.8) is 0 Å². The zero-order valence-electron chi connectivity index (χ0n) is 17.9. The molecule has 3 aromatic rings. The molecule has 2 amide bonds. The van der Waals surface area contributed by atoms with E-state index in [1.807, 2.05) is 44.2 Å². The molecule has 0 radical (unpaired) electrons. The molecule has 8 heteroatoms. The van der Waals surface area contributed by atoms with Crippen LogP contribution < -0.4 is 15.0 Å². The van der Waals surface area contributed by atoms with Crippen molar-refractivity contribution in [2.24, 2.45) is 0 Å². The highest BCUT2D eigenvalue weighted by molar-refractivity contribution is 8.04. The molecule has 5 nitrogen and oxygen atoms in total. The zero-order valence-corrected chi connectivity index (χ0v) is 19.5. The number of imide groups is 1. The molecular formula is C25H20ClFN2O3S. The maximum Gasteiger partial charge on any atom is 0.283 e. The van der Waals surface area contributed by atoms with Gasteiger partial charge in [0.2, 0.25) is 0 Å². The summed E-state index contributed by atoms with van der Waals surface area (Å²) < 4.78 is 19.4. The summed E-state index contributed by atoms with van der Waals surface area (Å²) in [5.41, 5.74) is 1.93. The standard InChI is InChI=1S/C25H20ClFN2O3S/c1-3-32-21-7-5-4-6-20(21)28-22-23(33-17-11-8-15(2)9-12-17)25(31)29(24(22)30)16-10-13-19(27)18(26)14-16/h4-14,28H,3H2,1-2H3. The Kier molecular flexibility index (Phi) is 6.72. The maximum absolute atomic E-state index is 13.7. The summed E-state index contributed by atoms with van der Waals surface area (Å²) >= 11 is 7.10. The normalized spacial score (nSPS) is 13.6. The molecule has 1 aliphatic rings.